The van der Waals surface area contributed by atoms with Crippen LogP contribution in [0, 0.1) is 5.92 Å². The van der Waals surface area contributed by atoms with E-state index in [0.29, 0.717) is 5.92 Å². The average molecular weight is 120 g/mol. The molecule has 0 radical (unpaired) electrons. The zero-order chi connectivity index (χ0) is 6.10. The average Bonchev–Trinajstić information content (AvgIpc) is 2.33. The van der Waals surface area contributed by atoms with Crippen LogP contribution < -0.4 is 0 Å². The number of hydrogen-bond acceptors (Lipinski definition) is 1. The summed E-state index contributed by atoms with van der Waals surface area (Å²) in [6, 6.07) is 0. The third-order valence-electron chi connectivity index (χ3n) is 1.67. The number of rotatable bonds is 0. The molecule has 0 aromatic rings. The molecular formula is C8H8O. The van der Waals surface area contributed by atoms with E-state index >= 15 is 0 Å². The van der Waals surface area contributed by atoms with E-state index in [1.54, 1.807) is 6.26 Å². The van der Waals surface area contributed by atoms with Crippen LogP contribution in [-0.4, -0.2) is 0 Å². The molecule has 1 unspecified atom stereocenters. The van der Waals surface area contributed by atoms with Gasteiger partial charge in [-0.05, 0) is 18.6 Å². The predicted molar refractivity (Wildman–Crippen MR) is 35.6 cm³/mol. The Hall–Kier alpha value is -0.980. The third-order valence-corrected chi connectivity index (χ3v) is 1.67. The summed E-state index contributed by atoms with van der Waals surface area (Å²) in [5, 5.41) is 0. The Balaban J connectivity index is 2.29. The van der Waals surface area contributed by atoms with Crippen molar-refractivity contribution < 1.29 is 4.74 Å². The van der Waals surface area contributed by atoms with Crippen LogP contribution in [0.2, 0.25) is 0 Å². The fourth-order valence-corrected chi connectivity index (χ4v) is 1.14. The van der Waals surface area contributed by atoms with Crippen LogP contribution in [0.4, 0.5) is 0 Å². The molecule has 1 aliphatic heterocycles. The minimum atomic E-state index is 0.537. The van der Waals surface area contributed by atoms with Crippen molar-refractivity contribution in [3.63, 3.8) is 0 Å². The van der Waals surface area contributed by atoms with Gasteiger partial charge >= 0.3 is 0 Å². The van der Waals surface area contributed by atoms with Crippen LogP contribution in [0.5, 0.6) is 0 Å². The highest BCUT2D eigenvalue weighted by molar-refractivity contribution is 5.23. The molecule has 0 saturated heterocycles. The molecule has 46 valence electrons. The first kappa shape index (κ1) is 4.86. The second-order valence-electron chi connectivity index (χ2n) is 2.29. The van der Waals surface area contributed by atoms with Gasteiger partial charge < -0.3 is 4.74 Å². The van der Waals surface area contributed by atoms with E-state index in [-0.39, 0.29) is 0 Å². The molecular weight excluding hydrogens is 112 g/mol. The van der Waals surface area contributed by atoms with Crippen molar-refractivity contribution in [1.82, 2.24) is 0 Å². The Morgan fingerprint density at radius 1 is 1.56 bits per heavy atom. The molecule has 0 N–H and O–H groups in total. The summed E-state index contributed by atoms with van der Waals surface area (Å²) in [6.07, 6.45) is 11.2. The Morgan fingerprint density at radius 2 is 2.56 bits per heavy atom. The van der Waals surface area contributed by atoms with Crippen LogP contribution in [-0.2, 0) is 4.74 Å². The highest BCUT2D eigenvalue weighted by atomic mass is 16.5. The molecule has 0 aromatic heterocycles. The molecule has 0 aromatic carbocycles. The van der Waals surface area contributed by atoms with Gasteiger partial charge in [-0.25, -0.2) is 0 Å². The number of fused-ring (bicyclic) bond motifs is 1. The van der Waals surface area contributed by atoms with E-state index < -0.39 is 0 Å². The molecule has 2 aliphatic rings. The molecule has 1 heteroatoms. The van der Waals surface area contributed by atoms with Gasteiger partial charge in [-0.1, -0.05) is 12.2 Å². The molecule has 1 atom stereocenters. The van der Waals surface area contributed by atoms with Gasteiger partial charge in [0.1, 0.15) is 5.76 Å². The third kappa shape index (κ3) is 0.689. The highest BCUT2D eigenvalue weighted by Crippen LogP contribution is 2.27. The fraction of sp³-hybridized carbons (Fsp3) is 0.250. The summed E-state index contributed by atoms with van der Waals surface area (Å²) in [5.41, 5.74) is 0. The first-order valence-corrected chi connectivity index (χ1v) is 3.17. The number of hydrogen-bond donors (Lipinski definition) is 0. The van der Waals surface area contributed by atoms with Crippen LogP contribution in [0.3, 0.4) is 0 Å². The van der Waals surface area contributed by atoms with E-state index in [1.165, 1.54) is 0 Å². The van der Waals surface area contributed by atoms with Gasteiger partial charge in [0.15, 0.2) is 0 Å². The molecule has 0 amide bonds. The number of allylic oxidation sites excluding steroid dienone is 4. The van der Waals surface area contributed by atoms with Gasteiger partial charge in [0.25, 0.3) is 0 Å². The smallest absolute Gasteiger partial charge is 0.110 e. The van der Waals surface area contributed by atoms with E-state index in [4.69, 9.17) is 4.74 Å². The second-order valence-corrected chi connectivity index (χ2v) is 2.29. The van der Waals surface area contributed by atoms with Crippen molar-refractivity contribution in [2.45, 2.75) is 6.42 Å². The van der Waals surface area contributed by atoms with Gasteiger partial charge in [-0.2, -0.15) is 0 Å². The quantitative estimate of drug-likeness (QED) is 0.475. The predicted octanol–water partition coefficient (Wildman–Crippen LogP) is 1.99. The van der Waals surface area contributed by atoms with Crippen LogP contribution in [0.15, 0.2) is 36.3 Å². The van der Waals surface area contributed by atoms with Crippen molar-refractivity contribution in [2.24, 2.45) is 5.92 Å². The Bertz CT molecular complexity index is 199. The lowest BCUT2D eigenvalue weighted by molar-refractivity contribution is 0.341. The maximum atomic E-state index is 5.19. The lowest BCUT2D eigenvalue weighted by atomic mass is 10.0. The van der Waals surface area contributed by atoms with Crippen molar-refractivity contribution in [3.05, 3.63) is 36.3 Å². The normalized spacial score (nSPS) is 29.3. The van der Waals surface area contributed by atoms with E-state index in [2.05, 4.69) is 12.2 Å². The summed E-state index contributed by atoms with van der Waals surface area (Å²) in [7, 11) is 0. The summed E-state index contributed by atoms with van der Waals surface area (Å²) in [4.78, 5) is 0. The van der Waals surface area contributed by atoms with Crippen molar-refractivity contribution in [3.8, 4) is 0 Å². The van der Waals surface area contributed by atoms with Crippen molar-refractivity contribution in [2.75, 3.05) is 0 Å². The largest absolute Gasteiger partial charge is 0.469 e. The van der Waals surface area contributed by atoms with E-state index in [9.17, 15) is 0 Å². The van der Waals surface area contributed by atoms with E-state index in [0.717, 1.165) is 12.2 Å². The Morgan fingerprint density at radius 3 is 3.44 bits per heavy atom. The summed E-state index contributed by atoms with van der Waals surface area (Å²) < 4.78 is 5.19. The van der Waals surface area contributed by atoms with Gasteiger partial charge in [-0.15, -0.1) is 0 Å². The molecule has 0 fully saturated rings. The topological polar surface area (TPSA) is 9.23 Å². The standard InChI is InChI=1S/C8H8O/c1-2-4-8-7(3-1)5-6-9-8/h1-2,4-7H,3H2. The molecule has 0 spiro atoms. The molecule has 1 aliphatic carbocycles. The van der Waals surface area contributed by atoms with Crippen LogP contribution in [0.1, 0.15) is 6.42 Å². The van der Waals surface area contributed by atoms with Crippen molar-refractivity contribution >= 4 is 0 Å². The van der Waals surface area contributed by atoms with Crippen LogP contribution in [0.25, 0.3) is 0 Å². The first-order valence-electron chi connectivity index (χ1n) is 3.17. The first-order chi connectivity index (χ1) is 4.47. The minimum Gasteiger partial charge on any atom is -0.469 e. The summed E-state index contributed by atoms with van der Waals surface area (Å²) in [6.45, 7) is 0. The molecule has 0 saturated carbocycles. The molecule has 2 rings (SSSR count). The Kier molecular flexibility index (Phi) is 0.950. The maximum Gasteiger partial charge on any atom is 0.110 e. The Labute approximate surface area is 54.3 Å². The molecule has 1 nitrogen and oxygen atoms in total. The van der Waals surface area contributed by atoms with Crippen LogP contribution >= 0.6 is 0 Å². The maximum absolute atomic E-state index is 5.19. The fourth-order valence-electron chi connectivity index (χ4n) is 1.14. The minimum absolute atomic E-state index is 0.537. The lowest BCUT2D eigenvalue weighted by Crippen LogP contribution is -1.97. The van der Waals surface area contributed by atoms with Gasteiger partial charge in [0.05, 0.1) is 6.26 Å². The summed E-state index contributed by atoms with van der Waals surface area (Å²) in [5.74, 6) is 1.63. The monoisotopic (exact) mass is 120 g/mol. The summed E-state index contributed by atoms with van der Waals surface area (Å²) >= 11 is 0. The zero-order valence-corrected chi connectivity index (χ0v) is 5.08. The SMILES string of the molecule is C1=CCC2C=COC2=C1. The van der Waals surface area contributed by atoms with Crippen molar-refractivity contribution in [1.29, 1.82) is 0 Å². The second kappa shape index (κ2) is 1.76. The zero-order valence-electron chi connectivity index (χ0n) is 5.08. The van der Waals surface area contributed by atoms with Gasteiger partial charge in [0, 0.05) is 5.92 Å². The molecule has 0 bridgehead atoms. The highest BCUT2D eigenvalue weighted by Gasteiger charge is 2.16. The van der Waals surface area contributed by atoms with Gasteiger partial charge in [-0.3, -0.25) is 0 Å². The molecule has 9 heavy (non-hydrogen) atoms. The van der Waals surface area contributed by atoms with Gasteiger partial charge in [0.2, 0.25) is 0 Å². The van der Waals surface area contributed by atoms with E-state index in [1.807, 2.05) is 12.2 Å². The lowest BCUT2D eigenvalue weighted by Gasteiger charge is -2.08. The molecule has 1 heterocycles. The number of ether oxygens (including phenoxy) is 1.